The Balaban J connectivity index is 1.41. The normalized spacial score (nSPS) is 44.0. The van der Waals surface area contributed by atoms with E-state index in [4.69, 9.17) is 4.84 Å². The van der Waals surface area contributed by atoms with Gasteiger partial charge in [-0.25, -0.2) is 4.39 Å². The number of halogens is 1. The molecule has 6 rings (SSSR count). The molecule has 0 radical (unpaired) electrons. The zero-order valence-corrected chi connectivity index (χ0v) is 24.4. The maximum absolute atomic E-state index is 15.9. The molecule has 2 N–H and O–H groups in total. The van der Waals surface area contributed by atoms with Crippen LogP contribution in [0, 0.1) is 34.0 Å². The topological polar surface area (TPSA) is 87.1 Å². The Labute approximate surface area is 236 Å². The maximum Gasteiger partial charge on any atom is 0.193 e. The summed E-state index contributed by atoms with van der Waals surface area (Å²) in [5.74, 6) is -1.38. The van der Waals surface area contributed by atoms with Gasteiger partial charge in [-0.3, -0.25) is 19.5 Å². The second-order valence-corrected chi connectivity index (χ2v) is 14.6. The molecule has 216 valence electrons. The summed E-state index contributed by atoms with van der Waals surface area (Å²) in [5.41, 5.74) is -1.03. The van der Waals surface area contributed by atoms with E-state index in [-0.39, 0.29) is 47.6 Å². The largest absolute Gasteiger partial charge is 0.393 e. The molecule has 1 heterocycles. The number of hydroxylamine groups is 1. The first-order valence-electron chi connectivity index (χ1n) is 14.6. The quantitative estimate of drug-likeness (QED) is 0.557. The fraction of sp³-hybridized carbons (Fsp3) is 0.636. The van der Waals surface area contributed by atoms with Crippen LogP contribution in [0.3, 0.4) is 0 Å². The van der Waals surface area contributed by atoms with Gasteiger partial charge < -0.3 is 10.2 Å². The molecular weight excluding hydrogens is 509 g/mol. The van der Waals surface area contributed by atoms with Crippen LogP contribution >= 0.6 is 0 Å². The zero-order chi connectivity index (χ0) is 29.0. The van der Waals surface area contributed by atoms with E-state index in [1.165, 1.54) is 17.7 Å². The molecule has 1 aliphatic heterocycles. The molecule has 4 fully saturated rings. The lowest BCUT2D eigenvalue weighted by molar-refractivity contribution is -0.216. The number of Topliss-reactive ketones (excluding diaryl/α,β-unsaturated/α-hetero) is 1. The Morgan fingerprint density at radius 2 is 1.82 bits per heavy atom. The van der Waals surface area contributed by atoms with Gasteiger partial charge in [0, 0.05) is 22.7 Å². The van der Waals surface area contributed by atoms with Gasteiger partial charge in [0.05, 0.1) is 18.3 Å². The van der Waals surface area contributed by atoms with Crippen molar-refractivity contribution >= 4 is 17.3 Å². The molecule has 0 amide bonds. The van der Waals surface area contributed by atoms with Crippen molar-refractivity contribution in [3.05, 3.63) is 53.6 Å². The Hall–Kier alpha value is -2.35. The van der Waals surface area contributed by atoms with Crippen molar-refractivity contribution in [1.29, 1.82) is 0 Å². The van der Waals surface area contributed by atoms with E-state index in [9.17, 15) is 19.8 Å². The highest BCUT2D eigenvalue weighted by atomic mass is 19.1. The summed E-state index contributed by atoms with van der Waals surface area (Å²) in [6, 6.07) is 8.16. The molecule has 1 aromatic carbocycles. The minimum atomic E-state index is -1.34. The van der Waals surface area contributed by atoms with Crippen molar-refractivity contribution in [2.24, 2.45) is 34.0 Å². The van der Waals surface area contributed by atoms with Crippen LogP contribution in [0.2, 0.25) is 0 Å². The van der Waals surface area contributed by atoms with Gasteiger partial charge in [-0.05, 0) is 71.4 Å². The van der Waals surface area contributed by atoms with Gasteiger partial charge in [0.15, 0.2) is 17.2 Å². The van der Waals surface area contributed by atoms with E-state index in [0.29, 0.717) is 18.5 Å². The highest BCUT2D eigenvalue weighted by Gasteiger charge is 2.79. The van der Waals surface area contributed by atoms with Crippen LogP contribution in [0.1, 0.15) is 66.4 Å². The van der Waals surface area contributed by atoms with Crippen molar-refractivity contribution in [2.45, 2.75) is 84.1 Å². The van der Waals surface area contributed by atoms with Crippen molar-refractivity contribution in [1.82, 2.24) is 0 Å². The van der Waals surface area contributed by atoms with Crippen molar-refractivity contribution in [3.63, 3.8) is 0 Å². The maximum atomic E-state index is 15.9. The molecule has 0 spiro atoms. The minimum Gasteiger partial charge on any atom is -0.393 e. The Morgan fingerprint density at radius 3 is 2.45 bits per heavy atom. The van der Waals surface area contributed by atoms with E-state index in [1.54, 1.807) is 11.1 Å². The first-order chi connectivity index (χ1) is 18.6. The predicted octanol–water partition coefficient (Wildman–Crippen LogP) is 4.88. The number of aliphatic hydroxyl groups excluding tert-OH is 2. The average Bonchev–Trinajstić information content (AvgIpc) is 3.35. The van der Waals surface area contributed by atoms with Crippen LogP contribution in [0.4, 0.5) is 10.1 Å². The van der Waals surface area contributed by atoms with E-state index in [2.05, 4.69) is 39.8 Å². The highest BCUT2D eigenvalue weighted by Crippen LogP contribution is 2.76. The van der Waals surface area contributed by atoms with Crippen LogP contribution < -0.4 is 5.06 Å². The molecule has 7 heteroatoms. The van der Waals surface area contributed by atoms with Gasteiger partial charge in [-0.2, -0.15) is 0 Å². The number of carbonyl (C=O) groups is 2. The number of hydrogen-bond acceptors (Lipinski definition) is 6. The van der Waals surface area contributed by atoms with Gasteiger partial charge in [0.1, 0.15) is 12.8 Å². The number of rotatable bonds is 3. The van der Waals surface area contributed by atoms with E-state index >= 15 is 4.39 Å². The molecule has 4 aliphatic carbocycles. The lowest BCUT2D eigenvalue weighted by Gasteiger charge is -2.64. The average molecular weight is 552 g/mol. The molecule has 9 atom stereocenters. The molecule has 9 unspecified atom stereocenters. The lowest BCUT2D eigenvalue weighted by atomic mass is 9.41. The number of anilines is 1. The van der Waals surface area contributed by atoms with Crippen LogP contribution in [-0.2, 0) is 19.8 Å². The molecule has 6 nitrogen and oxygen atoms in total. The number of benzene rings is 1. The molecule has 40 heavy (non-hydrogen) atoms. The molecular formula is C33H42FNO5. The number of nitrogens with zero attached hydrogens (tertiary/aromatic N) is 1. The number of alkyl halides is 1. The fourth-order valence-corrected chi connectivity index (χ4v) is 9.69. The summed E-state index contributed by atoms with van der Waals surface area (Å²) in [7, 11) is 0. The van der Waals surface area contributed by atoms with Gasteiger partial charge >= 0.3 is 0 Å². The summed E-state index contributed by atoms with van der Waals surface area (Å²) in [4.78, 5) is 32.7. The third kappa shape index (κ3) is 3.37. The van der Waals surface area contributed by atoms with Gasteiger partial charge in [0.2, 0.25) is 0 Å². The van der Waals surface area contributed by atoms with Gasteiger partial charge in [0.25, 0.3) is 0 Å². The monoisotopic (exact) mass is 551 g/mol. The SMILES string of the molecule is CC(C)(C)c1ccc(N2CC3CC4(C)C5CC(F)C6=CC(=O)C=CC6(C)C5C(O)CC4(C)C3(C(=O)CO)O2)cc1. The van der Waals surface area contributed by atoms with Crippen molar-refractivity contribution in [3.8, 4) is 0 Å². The lowest BCUT2D eigenvalue weighted by Crippen LogP contribution is -2.67. The summed E-state index contributed by atoms with van der Waals surface area (Å²) in [5, 5.41) is 23.9. The standard InChI is InChI=1S/C33H42FNO5/c1-29(2,3)19-7-9-21(10-8-19)35-17-20-15-31(5)24-14-25(34)23-13-22(37)11-12-30(23,4)28(24)26(38)16-32(31,6)33(20,40-35)27(39)18-36/h7-13,20,24-26,28,36,38H,14-18H2,1-6H3. The summed E-state index contributed by atoms with van der Waals surface area (Å²) >= 11 is 0. The molecule has 3 saturated carbocycles. The molecule has 0 bridgehead atoms. The Morgan fingerprint density at radius 1 is 1.15 bits per heavy atom. The number of fused-ring (bicyclic) bond motifs is 7. The Kier molecular flexibility index (Phi) is 5.97. The van der Waals surface area contributed by atoms with Crippen LogP contribution in [-0.4, -0.2) is 52.8 Å². The smallest absolute Gasteiger partial charge is 0.193 e. The number of hydrogen-bond donors (Lipinski definition) is 2. The number of ketones is 2. The molecule has 5 aliphatic rings. The van der Waals surface area contributed by atoms with Gasteiger partial charge in [-0.1, -0.05) is 59.8 Å². The van der Waals surface area contributed by atoms with Crippen molar-refractivity contribution in [2.75, 3.05) is 18.2 Å². The van der Waals surface area contributed by atoms with Crippen LogP contribution in [0.15, 0.2) is 48.1 Å². The minimum absolute atomic E-state index is 0.000170. The third-order valence-corrected chi connectivity index (χ3v) is 11.8. The number of carbonyl (C=O) groups excluding carboxylic acids is 2. The summed E-state index contributed by atoms with van der Waals surface area (Å²) in [6.07, 6.45) is 3.62. The number of allylic oxidation sites excluding steroid dienone is 4. The molecule has 0 aromatic heterocycles. The van der Waals surface area contributed by atoms with Crippen molar-refractivity contribution < 1.29 is 29.0 Å². The second kappa shape index (κ2) is 8.59. The number of aliphatic hydroxyl groups is 2. The highest BCUT2D eigenvalue weighted by molar-refractivity contribution is 6.01. The summed E-state index contributed by atoms with van der Waals surface area (Å²) < 4.78 is 15.9. The van der Waals surface area contributed by atoms with E-state index < -0.39 is 40.7 Å². The first-order valence-corrected chi connectivity index (χ1v) is 14.6. The van der Waals surface area contributed by atoms with E-state index in [1.807, 2.05) is 26.0 Å². The van der Waals surface area contributed by atoms with Gasteiger partial charge in [-0.15, -0.1) is 0 Å². The third-order valence-electron chi connectivity index (χ3n) is 11.8. The first kappa shape index (κ1) is 27.8. The summed E-state index contributed by atoms with van der Waals surface area (Å²) in [6.45, 7) is 12.4. The molecule has 1 saturated heterocycles. The van der Waals surface area contributed by atoms with E-state index in [0.717, 1.165) is 5.69 Å². The second-order valence-electron chi connectivity index (χ2n) is 14.6. The molecule has 1 aromatic rings. The van der Waals surface area contributed by atoms with Crippen LogP contribution in [0.25, 0.3) is 0 Å². The predicted molar refractivity (Wildman–Crippen MR) is 150 cm³/mol. The fourth-order valence-electron chi connectivity index (χ4n) is 9.69. The zero-order valence-electron chi connectivity index (χ0n) is 24.4. The Bertz CT molecular complexity index is 1310. The van der Waals surface area contributed by atoms with Crippen LogP contribution in [0.5, 0.6) is 0 Å².